The molecule has 0 spiro atoms. The third kappa shape index (κ3) is 3.66. The SMILES string of the molecule is c1ccc(-n2c3ccccc3c3cc(-c4ccc5c(c4)c4ccc6ccccc6c4n5-c4ncc5c6c(cccc46)-c4ccccc4-5)ccc32)cc1. The lowest BCUT2D eigenvalue weighted by Crippen LogP contribution is -1.99. The first kappa shape index (κ1) is 27.8. The summed E-state index contributed by atoms with van der Waals surface area (Å²) in [5.74, 6) is 0.965. The monoisotopic (exact) mass is 659 g/mol. The van der Waals surface area contributed by atoms with Crippen molar-refractivity contribution in [2.75, 3.05) is 0 Å². The van der Waals surface area contributed by atoms with Crippen molar-refractivity contribution in [1.29, 1.82) is 0 Å². The fraction of sp³-hybridized carbons (Fsp3) is 0. The van der Waals surface area contributed by atoms with Crippen LogP contribution in [0.2, 0.25) is 0 Å². The van der Waals surface area contributed by atoms with E-state index >= 15 is 0 Å². The zero-order valence-electron chi connectivity index (χ0n) is 28.1. The number of rotatable bonds is 3. The molecule has 8 aromatic carbocycles. The number of hydrogen-bond donors (Lipinski definition) is 0. The topological polar surface area (TPSA) is 22.8 Å². The Morgan fingerprint density at radius 2 is 0.981 bits per heavy atom. The summed E-state index contributed by atoms with van der Waals surface area (Å²) in [5, 5.41) is 9.85. The molecule has 240 valence electrons. The minimum Gasteiger partial charge on any atom is -0.309 e. The van der Waals surface area contributed by atoms with Crippen LogP contribution in [-0.4, -0.2) is 14.1 Å². The standard InChI is InChI=1S/C49H29N3/c1-2-12-33(13-3-1)51-44-20-9-8-17-37(44)41-27-31(22-25-45(41)51)32-23-26-46-42(28-32)39-24-21-30-11-4-5-14-34(30)48(39)52(46)49-40-19-10-18-38-35-15-6-7-16-36(35)43(29-50-49)47(38)40/h1-29H. The van der Waals surface area contributed by atoms with E-state index in [9.17, 15) is 0 Å². The second kappa shape index (κ2) is 10.3. The Balaban J connectivity index is 1.12. The zero-order valence-corrected chi connectivity index (χ0v) is 28.1. The molecule has 3 aromatic heterocycles. The Morgan fingerprint density at radius 3 is 1.81 bits per heavy atom. The minimum atomic E-state index is 0.965. The van der Waals surface area contributed by atoms with Gasteiger partial charge in [0, 0.05) is 55.2 Å². The summed E-state index contributed by atoms with van der Waals surface area (Å²) >= 11 is 0. The maximum Gasteiger partial charge on any atom is 0.145 e. The number of pyridine rings is 1. The molecule has 0 bridgehead atoms. The highest BCUT2D eigenvalue weighted by Crippen LogP contribution is 2.49. The molecule has 3 heteroatoms. The third-order valence-corrected chi connectivity index (χ3v) is 11.3. The normalized spacial score (nSPS) is 12.2. The lowest BCUT2D eigenvalue weighted by molar-refractivity contribution is 1.11. The summed E-state index contributed by atoms with van der Waals surface area (Å²) in [6.07, 6.45) is 2.09. The van der Waals surface area contributed by atoms with Crippen LogP contribution >= 0.6 is 0 Å². The molecule has 0 amide bonds. The number of benzene rings is 8. The van der Waals surface area contributed by atoms with Crippen molar-refractivity contribution in [1.82, 2.24) is 14.1 Å². The van der Waals surface area contributed by atoms with Crippen LogP contribution < -0.4 is 0 Å². The molecule has 0 saturated carbocycles. The minimum absolute atomic E-state index is 0.965. The number of aromatic nitrogens is 3. The van der Waals surface area contributed by atoms with Crippen LogP contribution in [0.15, 0.2) is 176 Å². The van der Waals surface area contributed by atoms with Gasteiger partial charge in [0.2, 0.25) is 0 Å². The number of nitrogens with zero attached hydrogens (tertiary/aromatic N) is 3. The zero-order chi connectivity index (χ0) is 33.9. The molecule has 1 aliphatic carbocycles. The van der Waals surface area contributed by atoms with Crippen LogP contribution in [0.3, 0.4) is 0 Å². The maximum absolute atomic E-state index is 5.29. The van der Waals surface area contributed by atoms with E-state index < -0.39 is 0 Å². The molecule has 11 aromatic rings. The molecule has 0 aliphatic heterocycles. The summed E-state index contributed by atoms with van der Waals surface area (Å²) in [5.41, 5.74) is 13.4. The van der Waals surface area contributed by atoms with Crippen molar-refractivity contribution in [3.63, 3.8) is 0 Å². The quantitative estimate of drug-likeness (QED) is 0.185. The molecule has 3 nitrogen and oxygen atoms in total. The smallest absolute Gasteiger partial charge is 0.145 e. The maximum atomic E-state index is 5.29. The van der Waals surface area contributed by atoms with Gasteiger partial charge in [0.25, 0.3) is 0 Å². The van der Waals surface area contributed by atoms with Gasteiger partial charge in [-0.1, -0.05) is 127 Å². The predicted octanol–water partition coefficient (Wildman–Crippen LogP) is 12.9. The molecule has 1 aliphatic rings. The van der Waals surface area contributed by atoms with E-state index in [4.69, 9.17) is 4.98 Å². The fourth-order valence-corrected chi connectivity index (χ4v) is 9.04. The molecular weight excluding hydrogens is 631 g/mol. The van der Waals surface area contributed by atoms with Crippen molar-refractivity contribution in [2.45, 2.75) is 0 Å². The summed E-state index contributed by atoms with van der Waals surface area (Å²) in [6.45, 7) is 0. The van der Waals surface area contributed by atoms with Crippen LogP contribution in [0.1, 0.15) is 0 Å². The van der Waals surface area contributed by atoms with Crippen LogP contribution in [0.4, 0.5) is 0 Å². The van der Waals surface area contributed by atoms with Crippen LogP contribution in [0, 0.1) is 0 Å². The van der Waals surface area contributed by atoms with Gasteiger partial charge in [-0.25, -0.2) is 4.98 Å². The predicted molar refractivity (Wildman–Crippen MR) is 218 cm³/mol. The van der Waals surface area contributed by atoms with Crippen molar-refractivity contribution >= 4 is 65.2 Å². The van der Waals surface area contributed by atoms with Gasteiger partial charge in [-0.15, -0.1) is 0 Å². The Bertz CT molecular complexity index is 3260. The van der Waals surface area contributed by atoms with Gasteiger partial charge >= 0.3 is 0 Å². The van der Waals surface area contributed by atoms with Crippen molar-refractivity contribution in [3.8, 4) is 44.9 Å². The molecule has 0 atom stereocenters. The summed E-state index contributed by atoms with van der Waals surface area (Å²) in [7, 11) is 0. The highest BCUT2D eigenvalue weighted by molar-refractivity contribution is 6.22. The van der Waals surface area contributed by atoms with Gasteiger partial charge in [0.1, 0.15) is 5.82 Å². The second-order valence-corrected chi connectivity index (χ2v) is 13.9. The van der Waals surface area contributed by atoms with Gasteiger partial charge in [-0.05, 0) is 75.7 Å². The Morgan fingerprint density at radius 1 is 0.365 bits per heavy atom. The highest BCUT2D eigenvalue weighted by atomic mass is 15.1. The van der Waals surface area contributed by atoms with E-state index in [1.54, 1.807) is 0 Å². The van der Waals surface area contributed by atoms with E-state index in [1.165, 1.54) is 98.7 Å². The summed E-state index contributed by atoms with van der Waals surface area (Å²) in [6, 6.07) is 62.0. The fourth-order valence-electron chi connectivity index (χ4n) is 9.04. The van der Waals surface area contributed by atoms with E-state index in [0.29, 0.717) is 0 Å². The first-order valence-electron chi connectivity index (χ1n) is 17.9. The van der Waals surface area contributed by atoms with Gasteiger partial charge in [-0.3, -0.25) is 4.57 Å². The second-order valence-electron chi connectivity index (χ2n) is 13.9. The lowest BCUT2D eigenvalue weighted by Gasteiger charge is -2.13. The molecule has 0 fully saturated rings. The van der Waals surface area contributed by atoms with E-state index in [-0.39, 0.29) is 0 Å². The van der Waals surface area contributed by atoms with Crippen molar-refractivity contribution < 1.29 is 0 Å². The number of para-hydroxylation sites is 2. The number of hydrogen-bond acceptors (Lipinski definition) is 1. The first-order chi connectivity index (χ1) is 25.8. The summed E-state index contributed by atoms with van der Waals surface area (Å²) in [4.78, 5) is 5.29. The van der Waals surface area contributed by atoms with Gasteiger partial charge in [0.15, 0.2) is 0 Å². The van der Waals surface area contributed by atoms with Crippen molar-refractivity contribution in [2.24, 2.45) is 0 Å². The molecule has 12 rings (SSSR count). The average molecular weight is 660 g/mol. The Labute approximate surface area is 299 Å². The molecule has 0 N–H and O–H groups in total. The lowest BCUT2D eigenvalue weighted by atomic mass is 10.00. The molecule has 3 heterocycles. The van der Waals surface area contributed by atoms with Gasteiger partial charge in [0.05, 0.1) is 22.1 Å². The molecule has 0 unspecified atom stereocenters. The van der Waals surface area contributed by atoms with Crippen molar-refractivity contribution in [3.05, 3.63) is 176 Å². The largest absolute Gasteiger partial charge is 0.309 e. The molecule has 0 radical (unpaired) electrons. The van der Waals surface area contributed by atoms with Gasteiger partial charge in [-0.2, -0.15) is 0 Å². The Kier molecular flexibility index (Phi) is 5.50. The van der Waals surface area contributed by atoms with E-state index in [2.05, 4.69) is 185 Å². The Hall–Kier alpha value is -6.97. The molecule has 0 saturated heterocycles. The summed E-state index contributed by atoms with van der Waals surface area (Å²) < 4.78 is 4.79. The van der Waals surface area contributed by atoms with Gasteiger partial charge < -0.3 is 4.57 Å². The first-order valence-corrected chi connectivity index (χ1v) is 17.9. The average Bonchev–Trinajstić information content (AvgIpc) is 3.85. The molecule has 52 heavy (non-hydrogen) atoms. The third-order valence-electron chi connectivity index (χ3n) is 11.3. The van der Waals surface area contributed by atoms with Crippen LogP contribution in [0.5, 0.6) is 0 Å². The number of fused-ring (bicyclic) bond motifs is 11. The van der Waals surface area contributed by atoms with Crippen LogP contribution in [-0.2, 0) is 0 Å². The molecular formula is C49H29N3. The highest BCUT2D eigenvalue weighted by Gasteiger charge is 2.25. The van der Waals surface area contributed by atoms with E-state index in [0.717, 1.165) is 11.3 Å². The van der Waals surface area contributed by atoms with E-state index in [1.807, 2.05) is 0 Å². The van der Waals surface area contributed by atoms with Crippen LogP contribution in [0.25, 0.3) is 110 Å².